The van der Waals surface area contributed by atoms with Crippen LogP contribution in [-0.4, -0.2) is 42.1 Å². The number of hydrogen-bond donors (Lipinski definition) is 0. The minimum atomic E-state index is 0.128. The van der Waals surface area contributed by atoms with Crippen molar-refractivity contribution >= 4 is 11.6 Å². The van der Waals surface area contributed by atoms with Gasteiger partial charge < -0.3 is 9.64 Å². The summed E-state index contributed by atoms with van der Waals surface area (Å²) in [5.41, 5.74) is 6.55. The molecule has 1 saturated heterocycles. The number of rotatable bonds is 7. The number of aromatic nitrogens is 1. The molecule has 1 amide bonds. The van der Waals surface area contributed by atoms with E-state index in [1.807, 2.05) is 4.90 Å². The summed E-state index contributed by atoms with van der Waals surface area (Å²) in [4.78, 5) is 22.9. The quantitative estimate of drug-likeness (QED) is 0.661. The van der Waals surface area contributed by atoms with Gasteiger partial charge in [0.1, 0.15) is 0 Å². The maximum Gasteiger partial charge on any atom is 0.259 e. The summed E-state index contributed by atoms with van der Waals surface area (Å²) in [5, 5.41) is 0. The van der Waals surface area contributed by atoms with Crippen LogP contribution >= 0.6 is 0 Å². The van der Waals surface area contributed by atoms with Gasteiger partial charge in [-0.2, -0.15) is 0 Å². The van der Waals surface area contributed by atoms with E-state index < -0.39 is 0 Å². The number of nitrogens with zero attached hydrogens (tertiary/aromatic N) is 3. The monoisotopic (exact) mass is 419 g/mol. The first kappa shape index (κ1) is 20.7. The Morgan fingerprint density at radius 3 is 2.74 bits per heavy atom. The lowest BCUT2D eigenvalue weighted by Gasteiger charge is -2.26. The van der Waals surface area contributed by atoms with Crippen molar-refractivity contribution in [2.45, 2.75) is 58.5 Å². The smallest absolute Gasteiger partial charge is 0.259 e. The Balaban J connectivity index is 1.42. The second-order valence-corrected chi connectivity index (χ2v) is 9.47. The van der Waals surface area contributed by atoms with Gasteiger partial charge in [0.05, 0.1) is 25.5 Å². The van der Waals surface area contributed by atoms with Crippen LogP contribution < -0.4 is 4.90 Å². The number of ether oxygens (including phenoxy) is 1. The van der Waals surface area contributed by atoms with Crippen molar-refractivity contribution in [3.05, 3.63) is 58.4 Å². The van der Waals surface area contributed by atoms with Crippen molar-refractivity contribution in [1.29, 1.82) is 0 Å². The summed E-state index contributed by atoms with van der Waals surface area (Å²) in [6.07, 6.45) is 4.61. The summed E-state index contributed by atoms with van der Waals surface area (Å²) in [6.45, 7) is 9.39. The van der Waals surface area contributed by atoms with E-state index in [4.69, 9.17) is 9.72 Å². The van der Waals surface area contributed by atoms with E-state index in [2.05, 4.69) is 49.1 Å². The molecule has 5 nitrogen and oxygen atoms in total. The zero-order valence-corrected chi connectivity index (χ0v) is 18.8. The van der Waals surface area contributed by atoms with Gasteiger partial charge in [-0.25, -0.2) is 0 Å². The van der Waals surface area contributed by atoms with Crippen molar-refractivity contribution in [3.8, 4) is 0 Å². The molecule has 1 aliphatic carbocycles. The average molecular weight is 420 g/mol. The molecule has 0 unspecified atom stereocenters. The van der Waals surface area contributed by atoms with Crippen LogP contribution in [0, 0.1) is 5.92 Å². The summed E-state index contributed by atoms with van der Waals surface area (Å²) >= 11 is 0. The third-order valence-electron chi connectivity index (χ3n) is 6.96. The van der Waals surface area contributed by atoms with E-state index in [0.717, 1.165) is 61.8 Å². The predicted octanol–water partition coefficient (Wildman–Crippen LogP) is 4.54. The summed E-state index contributed by atoms with van der Waals surface area (Å²) < 4.78 is 5.48. The van der Waals surface area contributed by atoms with Crippen molar-refractivity contribution in [2.75, 3.05) is 31.2 Å². The predicted molar refractivity (Wildman–Crippen MR) is 122 cm³/mol. The zero-order valence-electron chi connectivity index (χ0n) is 18.8. The molecular weight excluding hydrogens is 386 g/mol. The van der Waals surface area contributed by atoms with Crippen molar-refractivity contribution < 1.29 is 9.53 Å². The first-order valence-electron chi connectivity index (χ1n) is 11.9. The third-order valence-corrected chi connectivity index (χ3v) is 6.96. The molecule has 2 aromatic rings. The van der Waals surface area contributed by atoms with E-state index in [0.29, 0.717) is 18.4 Å². The number of fused-ring (bicyclic) bond motifs is 1. The van der Waals surface area contributed by atoms with Gasteiger partial charge in [0, 0.05) is 48.1 Å². The number of pyridine rings is 1. The number of hydrogen-bond acceptors (Lipinski definition) is 4. The Bertz CT molecular complexity index is 963. The molecule has 1 saturated carbocycles. The number of benzene rings is 1. The maximum absolute atomic E-state index is 13.5. The first-order chi connectivity index (χ1) is 15.1. The standard InChI is InChI=1S/C26H33N3O2/c1-3-18(2)13-19-5-4-6-22(14-19)29-17-24-23(26(29)30)15-21(27-25(24)20-7-8-20)16-28-9-11-31-12-10-28/h4-6,14-15,18,20H,3,7-13,16-17H2,1-2H3/t18-/m0/s1. The summed E-state index contributed by atoms with van der Waals surface area (Å²) in [6, 6.07) is 10.6. The van der Waals surface area contributed by atoms with Gasteiger partial charge in [-0.1, -0.05) is 32.4 Å². The minimum Gasteiger partial charge on any atom is -0.379 e. The lowest BCUT2D eigenvalue weighted by atomic mass is 9.98. The topological polar surface area (TPSA) is 45.7 Å². The maximum atomic E-state index is 13.5. The fourth-order valence-electron chi connectivity index (χ4n) is 4.75. The highest BCUT2D eigenvalue weighted by atomic mass is 16.5. The minimum absolute atomic E-state index is 0.128. The Morgan fingerprint density at radius 2 is 2.00 bits per heavy atom. The number of carbonyl (C=O) groups excluding carboxylic acids is 1. The van der Waals surface area contributed by atoms with Crippen LogP contribution in [0.2, 0.25) is 0 Å². The van der Waals surface area contributed by atoms with Crippen LogP contribution in [0.1, 0.15) is 71.9 Å². The van der Waals surface area contributed by atoms with Gasteiger partial charge in [0.15, 0.2) is 0 Å². The molecule has 31 heavy (non-hydrogen) atoms. The number of morpholine rings is 1. The zero-order chi connectivity index (χ0) is 21.4. The highest BCUT2D eigenvalue weighted by molar-refractivity contribution is 6.10. The fourth-order valence-corrected chi connectivity index (χ4v) is 4.75. The Kier molecular flexibility index (Phi) is 5.81. The Labute approximate surface area is 185 Å². The van der Waals surface area contributed by atoms with Crippen LogP contribution in [0.25, 0.3) is 0 Å². The van der Waals surface area contributed by atoms with Crippen LogP contribution in [0.4, 0.5) is 5.69 Å². The largest absolute Gasteiger partial charge is 0.379 e. The molecule has 2 aliphatic heterocycles. The van der Waals surface area contributed by atoms with Crippen LogP contribution in [0.3, 0.4) is 0 Å². The Morgan fingerprint density at radius 1 is 1.19 bits per heavy atom. The van der Waals surface area contributed by atoms with Gasteiger partial charge in [-0.05, 0) is 48.9 Å². The lowest BCUT2D eigenvalue weighted by molar-refractivity contribution is 0.0336. The van der Waals surface area contributed by atoms with Gasteiger partial charge in [0.25, 0.3) is 5.91 Å². The normalized spacial score (nSPS) is 20.2. The molecule has 5 heteroatoms. The molecule has 1 atom stereocenters. The van der Waals surface area contributed by atoms with Crippen LogP contribution in [0.15, 0.2) is 30.3 Å². The molecule has 1 aromatic carbocycles. The molecule has 0 bridgehead atoms. The van der Waals surface area contributed by atoms with Gasteiger partial charge in [0.2, 0.25) is 0 Å². The third kappa shape index (κ3) is 4.39. The van der Waals surface area contributed by atoms with Gasteiger partial charge in [-0.3, -0.25) is 14.7 Å². The van der Waals surface area contributed by atoms with E-state index in [1.165, 1.54) is 30.5 Å². The van der Waals surface area contributed by atoms with Crippen LogP contribution in [-0.2, 0) is 24.2 Å². The molecule has 3 heterocycles. The van der Waals surface area contributed by atoms with Crippen molar-refractivity contribution in [3.63, 3.8) is 0 Å². The van der Waals surface area contributed by atoms with Crippen LogP contribution in [0.5, 0.6) is 0 Å². The van der Waals surface area contributed by atoms with Crippen molar-refractivity contribution in [1.82, 2.24) is 9.88 Å². The average Bonchev–Trinajstić information content (AvgIpc) is 3.58. The SMILES string of the molecule is CC[C@H](C)Cc1cccc(N2Cc3c(cc(CN4CCOCC4)nc3C3CC3)C2=O)c1. The Hall–Kier alpha value is -2.24. The van der Waals surface area contributed by atoms with E-state index in [1.54, 1.807) is 0 Å². The molecule has 164 valence electrons. The van der Waals surface area contributed by atoms with Gasteiger partial charge in [-0.15, -0.1) is 0 Å². The molecule has 1 aromatic heterocycles. The van der Waals surface area contributed by atoms with E-state index in [9.17, 15) is 4.79 Å². The van der Waals surface area contributed by atoms with E-state index >= 15 is 0 Å². The molecule has 5 rings (SSSR count). The summed E-state index contributed by atoms with van der Waals surface area (Å²) in [7, 11) is 0. The van der Waals surface area contributed by atoms with Gasteiger partial charge >= 0.3 is 0 Å². The molecule has 2 fully saturated rings. The number of amides is 1. The second-order valence-electron chi connectivity index (χ2n) is 9.47. The fraction of sp³-hybridized carbons (Fsp3) is 0.538. The van der Waals surface area contributed by atoms with Crippen molar-refractivity contribution in [2.24, 2.45) is 5.92 Å². The van der Waals surface area contributed by atoms with E-state index in [-0.39, 0.29) is 5.91 Å². The molecule has 3 aliphatic rings. The molecule has 0 radical (unpaired) electrons. The number of carbonyl (C=O) groups is 1. The molecule has 0 spiro atoms. The lowest BCUT2D eigenvalue weighted by Crippen LogP contribution is -2.36. The second kappa shape index (κ2) is 8.71. The molecular formula is C26H33N3O2. The first-order valence-corrected chi connectivity index (χ1v) is 11.9. The summed E-state index contributed by atoms with van der Waals surface area (Å²) in [5.74, 6) is 1.31. The molecule has 0 N–H and O–H groups in total. The number of anilines is 1. The highest BCUT2D eigenvalue weighted by Gasteiger charge is 2.37. The highest BCUT2D eigenvalue weighted by Crippen LogP contribution is 2.44.